The lowest BCUT2D eigenvalue weighted by Crippen LogP contribution is -1.85. The van der Waals surface area contributed by atoms with Gasteiger partial charge in [0.15, 0.2) is 5.65 Å². The Kier molecular flexibility index (Phi) is 2.37. The van der Waals surface area contributed by atoms with Gasteiger partial charge in [0.25, 0.3) is 0 Å². The lowest BCUT2D eigenvalue weighted by Gasteiger charge is -1.99. The van der Waals surface area contributed by atoms with Crippen molar-refractivity contribution in [1.29, 1.82) is 0 Å². The first kappa shape index (κ1) is 10.9. The number of rotatable bonds is 1. The molecule has 0 fully saturated rings. The number of nitrogens with zero attached hydrogens (tertiary/aromatic N) is 2. The van der Waals surface area contributed by atoms with Crippen LogP contribution in [0.2, 0.25) is 0 Å². The number of aromatic amines is 1. The van der Waals surface area contributed by atoms with Crippen LogP contribution in [-0.2, 0) is 0 Å². The fourth-order valence-electron chi connectivity index (χ4n) is 1.88. The van der Waals surface area contributed by atoms with E-state index in [0.717, 1.165) is 16.6 Å². The van der Waals surface area contributed by atoms with Gasteiger partial charge in [-0.3, -0.25) is 0 Å². The van der Waals surface area contributed by atoms with Crippen LogP contribution in [-0.4, -0.2) is 15.0 Å². The number of H-pyrrole nitrogens is 1. The predicted octanol–water partition coefficient (Wildman–Crippen LogP) is 3.38. The molecule has 90 valence electrons. The summed E-state index contributed by atoms with van der Waals surface area (Å²) in [4.78, 5) is 11.8. The van der Waals surface area contributed by atoms with Crippen LogP contribution in [0.4, 0.5) is 4.39 Å². The van der Waals surface area contributed by atoms with Gasteiger partial charge in [-0.1, -0.05) is 12.1 Å². The molecule has 0 saturated heterocycles. The van der Waals surface area contributed by atoms with Gasteiger partial charge in [0.05, 0.1) is 5.52 Å². The Morgan fingerprint density at radius 3 is 2.78 bits per heavy atom. The van der Waals surface area contributed by atoms with Crippen molar-refractivity contribution < 1.29 is 4.39 Å². The van der Waals surface area contributed by atoms with Crippen molar-refractivity contribution in [3.63, 3.8) is 0 Å². The van der Waals surface area contributed by atoms with E-state index in [1.54, 1.807) is 19.2 Å². The molecule has 3 nitrogen and oxygen atoms in total. The Morgan fingerprint density at radius 2 is 2.00 bits per heavy atom. The molecule has 0 radical (unpaired) electrons. The van der Waals surface area contributed by atoms with Crippen molar-refractivity contribution >= 4 is 11.2 Å². The monoisotopic (exact) mass is 241 g/mol. The minimum Gasteiger partial charge on any atom is -0.337 e. The topological polar surface area (TPSA) is 41.6 Å². The van der Waals surface area contributed by atoms with Gasteiger partial charge >= 0.3 is 0 Å². The van der Waals surface area contributed by atoms with E-state index in [9.17, 15) is 4.39 Å². The quantitative estimate of drug-likeness (QED) is 0.709. The SMILES string of the molecule is Cc1cnc2nc(-c3ccc(C)c(F)c3)[nH]c2c1. The molecule has 0 aliphatic rings. The fraction of sp³-hybridized carbons (Fsp3) is 0.143. The van der Waals surface area contributed by atoms with Crippen molar-refractivity contribution in [1.82, 2.24) is 15.0 Å². The Bertz CT molecular complexity index is 731. The van der Waals surface area contributed by atoms with E-state index in [1.807, 2.05) is 19.1 Å². The number of pyridine rings is 1. The van der Waals surface area contributed by atoms with Gasteiger partial charge in [-0.15, -0.1) is 0 Å². The van der Waals surface area contributed by atoms with Gasteiger partial charge in [0.1, 0.15) is 11.6 Å². The molecule has 4 heteroatoms. The highest BCUT2D eigenvalue weighted by molar-refractivity contribution is 5.76. The van der Waals surface area contributed by atoms with Crippen molar-refractivity contribution in [2.24, 2.45) is 0 Å². The molecule has 0 unspecified atom stereocenters. The number of benzene rings is 1. The second kappa shape index (κ2) is 3.91. The van der Waals surface area contributed by atoms with Crippen LogP contribution in [0.3, 0.4) is 0 Å². The molecular weight excluding hydrogens is 229 g/mol. The Hall–Kier alpha value is -2.23. The summed E-state index contributed by atoms with van der Waals surface area (Å²) >= 11 is 0. The first-order valence-electron chi connectivity index (χ1n) is 5.72. The summed E-state index contributed by atoms with van der Waals surface area (Å²) in [5.41, 5.74) is 3.94. The highest BCUT2D eigenvalue weighted by Crippen LogP contribution is 2.21. The van der Waals surface area contributed by atoms with Crippen molar-refractivity contribution in [3.05, 3.63) is 47.4 Å². The van der Waals surface area contributed by atoms with Gasteiger partial charge in [0.2, 0.25) is 0 Å². The lowest BCUT2D eigenvalue weighted by atomic mass is 10.1. The maximum Gasteiger partial charge on any atom is 0.178 e. The third-order valence-corrected chi connectivity index (χ3v) is 2.92. The summed E-state index contributed by atoms with van der Waals surface area (Å²) < 4.78 is 13.5. The summed E-state index contributed by atoms with van der Waals surface area (Å²) in [6.45, 7) is 3.71. The van der Waals surface area contributed by atoms with Crippen LogP contribution in [0, 0.1) is 19.7 Å². The van der Waals surface area contributed by atoms with Crippen LogP contribution in [0.25, 0.3) is 22.6 Å². The minimum atomic E-state index is -0.225. The molecule has 1 N–H and O–H groups in total. The number of nitrogens with one attached hydrogen (secondary N) is 1. The standard InChI is InChI=1S/C14H12FN3/c1-8-5-12-14(16-7-8)18-13(17-12)10-4-3-9(2)11(15)6-10/h3-7H,1-2H3,(H,16,17,18). The normalized spacial score (nSPS) is 11.1. The molecule has 3 aromatic rings. The van der Waals surface area contributed by atoms with E-state index in [0.29, 0.717) is 17.0 Å². The van der Waals surface area contributed by atoms with Gasteiger partial charge in [-0.2, -0.15) is 0 Å². The van der Waals surface area contributed by atoms with Gasteiger partial charge in [-0.05, 0) is 37.1 Å². The highest BCUT2D eigenvalue weighted by Gasteiger charge is 2.08. The van der Waals surface area contributed by atoms with E-state index in [-0.39, 0.29) is 5.82 Å². The van der Waals surface area contributed by atoms with Crippen LogP contribution in [0.15, 0.2) is 30.5 Å². The number of imidazole rings is 1. The average Bonchev–Trinajstić information content (AvgIpc) is 2.75. The van der Waals surface area contributed by atoms with Crippen LogP contribution in [0.5, 0.6) is 0 Å². The second-order valence-electron chi connectivity index (χ2n) is 4.43. The predicted molar refractivity (Wildman–Crippen MR) is 68.8 cm³/mol. The first-order chi connectivity index (χ1) is 8.63. The summed E-state index contributed by atoms with van der Waals surface area (Å²) in [7, 11) is 0. The van der Waals surface area contributed by atoms with Gasteiger partial charge in [-0.25, -0.2) is 14.4 Å². The summed E-state index contributed by atoms with van der Waals surface area (Å²) in [5, 5.41) is 0. The summed E-state index contributed by atoms with van der Waals surface area (Å²) in [5.74, 6) is 0.416. The van der Waals surface area contributed by atoms with E-state index in [2.05, 4.69) is 15.0 Å². The smallest absolute Gasteiger partial charge is 0.178 e. The zero-order valence-electron chi connectivity index (χ0n) is 10.2. The molecule has 0 atom stereocenters. The molecule has 18 heavy (non-hydrogen) atoms. The Morgan fingerprint density at radius 1 is 1.17 bits per heavy atom. The van der Waals surface area contributed by atoms with E-state index in [1.165, 1.54) is 6.07 Å². The molecule has 0 aliphatic heterocycles. The van der Waals surface area contributed by atoms with Crippen LogP contribution >= 0.6 is 0 Å². The van der Waals surface area contributed by atoms with E-state index < -0.39 is 0 Å². The number of aromatic nitrogens is 3. The molecule has 2 aromatic heterocycles. The molecule has 1 aromatic carbocycles. The number of hydrogen-bond donors (Lipinski definition) is 1. The number of aryl methyl sites for hydroxylation is 2. The van der Waals surface area contributed by atoms with Crippen LogP contribution < -0.4 is 0 Å². The highest BCUT2D eigenvalue weighted by atomic mass is 19.1. The minimum absolute atomic E-state index is 0.225. The van der Waals surface area contributed by atoms with Crippen molar-refractivity contribution in [2.75, 3.05) is 0 Å². The summed E-state index contributed by atoms with van der Waals surface area (Å²) in [6, 6.07) is 7.06. The summed E-state index contributed by atoms with van der Waals surface area (Å²) in [6.07, 6.45) is 1.77. The lowest BCUT2D eigenvalue weighted by molar-refractivity contribution is 0.619. The Labute approximate surface area is 104 Å². The Balaban J connectivity index is 2.16. The number of fused-ring (bicyclic) bond motifs is 1. The fourth-order valence-corrected chi connectivity index (χ4v) is 1.88. The average molecular weight is 241 g/mol. The zero-order valence-corrected chi connectivity index (χ0v) is 10.2. The number of halogens is 1. The number of hydrogen-bond acceptors (Lipinski definition) is 2. The molecule has 3 rings (SSSR count). The molecule has 0 bridgehead atoms. The zero-order chi connectivity index (χ0) is 12.7. The third-order valence-electron chi connectivity index (χ3n) is 2.92. The maximum absolute atomic E-state index is 13.5. The molecule has 0 aliphatic carbocycles. The van der Waals surface area contributed by atoms with Crippen molar-refractivity contribution in [2.45, 2.75) is 13.8 Å². The maximum atomic E-state index is 13.5. The third kappa shape index (κ3) is 1.76. The van der Waals surface area contributed by atoms with Crippen LogP contribution in [0.1, 0.15) is 11.1 Å². The molecule has 0 spiro atoms. The van der Waals surface area contributed by atoms with Crippen molar-refractivity contribution in [3.8, 4) is 11.4 Å². The first-order valence-corrected chi connectivity index (χ1v) is 5.72. The molecule has 2 heterocycles. The second-order valence-corrected chi connectivity index (χ2v) is 4.43. The van der Waals surface area contributed by atoms with Gasteiger partial charge < -0.3 is 4.98 Å². The van der Waals surface area contributed by atoms with E-state index in [4.69, 9.17) is 0 Å². The molecule has 0 saturated carbocycles. The molecule has 0 amide bonds. The molecular formula is C14H12FN3. The van der Waals surface area contributed by atoms with E-state index >= 15 is 0 Å². The largest absolute Gasteiger partial charge is 0.337 e. The van der Waals surface area contributed by atoms with Gasteiger partial charge in [0, 0.05) is 11.8 Å².